The van der Waals surface area contributed by atoms with Crippen molar-refractivity contribution in [1.82, 2.24) is 9.80 Å². The fraction of sp³-hybridized carbons (Fsp3) is 0.444. The Kier molecular flexibility index (Phi) is 6.35. The van der Waals surface area contributed by atoms with Crippen LogP contribution in [-0.4, -0.2) is 55.5 Å². The van der Waals surface area contributed by atoms with Crippen LogP contribution >= 0.6 is 11.6 Å². The van der Waals surface area contributed by atoms with E-state index in [-0.39, 0.29) is 11.9 Å². The molecule has 3 aliphatic rings. The number of hydrogen-bond acceptors (Lipinski definition) is 4. The fourth-order valence-electron chi connectivity index (χ4n) is 5.02. The Morgan fingerprint density at radius 3 is 2.45 bits per heavy atom. The molecule has 0 aromatic heterocycles. The highest BCUT2D eigenvalue weighted by molar-refractivity contribution is 6.30. The number of piperazine rings is 1. The van der Waals surface area contributed by atoms with Gasteiger partial charge in [-0.05, 0) is 74.5 Å². The fourth-order valence-corrected chi connectivity index (χ4v) is 5.14. The quantitative estimate of drug-likeness (QED) is 0.620. The molecule has 2 aliphatic heterocycles. The van der Waals surface area contributed by atoms with E-state index in [0.717, 1.165) is 54.4 Å². The van der Waals surface area contributed by atoms with Crippen LogP contribution in [0.3, 0.4) is 0 Å². The minimum atomic E-state index is 0.00684. The van der Waals surface area contributed by atoms with Gasteiger partial charge in [-0.25, -0.2) is 0 Å². The van der Waals surface area contributed by atoms with Gasteiger partial charge in [-0.15, -0.1) is 0 Å². The summed E-state index contributed by atoms with van der Waals surface area (Å²) in [5.74, 6) is 0.699. The Morgan fingerprint density at radius 2 is 1.76 bits per heavy atom. The van der Waals surface area contributed by atoms with Gasteiger partial charge in [0.2, 0.25) is 0 Å². The minimum Gasteiger partial charge on any atom is -0.371 e. The van der Waals surface area contributed by atoms with E-state index >= 15 is 0 Å². The first-order valence-electron chi connectivity index (χ1n) is 12.1. The molecule has 1 aliphatic carbocycles. The molecule has 5 nitrogen and oxygen atoms in total. The van der Waals surface area contributed by atoms with Gasteiger partial charge >= 0.3 is 0 Å². The van der Waals surface area contributed by atoms with E-state index < -0.39 is 0 Å². The van der Waals surface area contributed by atoms with E-state index in [1.807, 2.05) is 41.3 Å². The van der Waals surface area contributed by atoms with Crippen molar-refractivity contribution >= 4 is 28.9 Å². The van der Waals surface area contributed by atoms with Crippen molar-refractivity contribution in [1.29, 1.82) is 0 Å². The molecule has 0 radical (unpaired) electrons. The van der Waals surface area contributed by atoms with Crippen LogP contribution in [0.5, 0.6) is 0 Å². The van der Waals surface area contributed by atoms with Crippen molar-refractivity contribution in [3.8, 4) is 0 Å². The second-order valence-corrected chi connectivity index (χ2v) is 10.1. The highest BCUT2D eigenvalue weighted by Crippen LogP contribution is 2.37. The number of nitrogens with one attached hydrogen (secondary N) is 1. The zero-order valence-corrected chi connectivity index (χ0v) is 20.2. The summed E-state index contributed by atoms with van der Waals surface area (Å²) in [6, 6.07) is 14.1. The molecular weight excluding hydrogens is 432 g/mol. The number of halogens is 1. The van der Waals surface area contributed by atoms with Crippen LogP contribution in [-0.2, 0) is 0 Å². The summed E-state index contributed by atoms with van der Waals surface area (Å²) in [4.78, 5) is 20.7. The van der Waals surface area contributed by atoms with E-state index in [4.69, 9.17) is 11.6 Å². The van der Waals surface area contributed by atoms with E-state index in [1.165, 1.54) is 25.7 Å². The smallest absolute Gasteiger partial charge is 0.256 e. The minimum absolute atomic E-state index is 0.00684. The lowest BCUT2D eigenvalue weighted by molar-refractivity contribution is 0.0498. The third kappa shape index (κ3) is 4.90. The number of amides is 1. The third-order valence-corrected chi connectivity index (χ3v) is 7.40. The second-order valence-electron chi connectivity index (χ2n) is 9.68. The largest absolute Gasteiger partial charge is 0.371 e. The lowest BCUT2D eigenvalue weighted by Gasteiger charge is -2.41. The summed E-state index contributed by atoms with van der Waals surface area (Å²) in [6.07, 6.45) is 4.78. The zero-order chi connectivity index (χ0) is 22.9. The molecule has 1 amide bonds. The molecule has 2 aromatic rings. The first-order chi connectivity index (χ1) is 16.0. The molecule has 1 saturated carbocycles. The highest BCUT2D eigenvalue weighted by atomic mass is 35.5. The van der Waals surface area contributed by atoms with Crippen molar-refractivity contribution in [2.75, 3.05) is 50.0 Å². The number of carbonyl (C=O) groups is 1. The third-order valence-electron chi connectivity index (χ3n) is 7.15. The first-order valence-corrected chi connectivity index (χ1v) is 12.5. The maximum absolute atomic E-state index is 14.0. The molecule has 2 aromatic carbocycles. The number of nitrogens with zero attached hydrogens (tertiary/aromatic N) is 3. The summed E-state index contributed by atoms with van der Waals surface area (Å²) in [6.45, 7) is 8.60. The summed E-state index contributed by atoms with van der Waals surface area (Å²) < 4.78 is 0. The lowest BCUT2D eigenvalue weighted by Crippen LogP contribution is -2.49. The molecule has 2 heterocycles. The lowest BCUT2D eigenvalue weighted by atomic mass is 10.0. The number of hydrogen-bond donors (Lipinski definition) is 1. The van der Waals surface area contributed by atoms with Crippen LogP contribution in [0.4, 0.5) is 11.4 Å². The number of benzene rings is 2. The van der Waals surface area contributed by atoms with Crippen LogP contribution in [0.25, 0.3) is 0 Å². The Bertz CT molecular complexity index is 1030. The van der Waals surface area contributed by atoms with Crippen molar-refractivity contribution in [2.45, 2.75) is 31.7 Å². The number of allylic oxidation sites excluding steroid dienone is 1. The van der Waals surface area contributed by atoms with Crippen molar-refractivity contribution in [3.05, 3.63) is 70.9 Å². The maximum Gasteiger partial charge on any atom is 0.256 e. The molecular formula is C27H33ClN4O. The molecule has 0 spiro atoms. The SMILES string of the molecule is C=C(Nc1ccc(C(=O)N2CCN(C)CC2c2ccc(Cl)cc2)c(N2CCCC2)c1)C1CC1. The molecule has 1 atom stereocenters. The average molecular weight is 465 g/mol. The van der Waals surface area contributed by atoms with E-state index in [2.05, 4.69) is 34.8 Å². The number of rotatable bonds is 6. The first kappa shape index (κ1) is 22.3. The highest BCUT2D eigenvalue weighted by Gasteiger charge is 2.33. The van der Waals surface area contributed by atoms with Crippen LogP contribution in [0.1, 0.15) is 47.6 Å². The normalized spacial score (nSPS) is 21.3. The Morgan fingerprint density at radius 1 is 1.03 bits per heavy atom. The van der Waals surface area contributed by atoms with E-state index in [0.29, 0.717) is 17.5 Å². The van der Waals surface area contributed by atoms with E-state index in [1.54, 1.807) is 0 Å². The standard InChI is InChI=1S/C27H33ClN4O/c1-19(20-5-6-20)29-23-11-12-24(25(17-23)31-13-3-4-14-31)27(33)32-16-15-30(2)18-26(32)21-7-9-22(28)10-8-21/h7-12,17,20,26,29H,1,3-6,13-16,18H2,2H3. The summed E-state index contributed by atoms with van der Waals surface area (Å²) in [7, 11) is 2.12. The van der Waals surface area contributed by atoms with Crippen LogP contribution in [0.15, 0.2) is 54.7 Å². The van der Waals surface area contributed by atoms with Gasteiger partial charge in [0.15, 0.2) is 0 Å². The van der Waals surface area contributed by atoms with Crippen LogP contribution in [0.2, 0.25) is 5.02 Å². The van der Waals surface area contributed by atoms with Gasteiger partial charge in [-0.2, -0.15) is 0 Å². The van der Waals surface area contributed by atoms with Crippen LogP contribution < -0.4 is 10.2 Å². The molecule has 0 bridgehead atoms. The molecule has 1 unspecified atom stereocenters. The molecule has 6 heteroatoms. The van der Waals surface area contributed by atoms with Gasteiger partial charge in [-0.1, -0.05) is 30.3 Å². The molecule has 5 rings (SSSR count). The Balaban J connectivity index is 1.46. The topological polar surface area (TPSA) is 38.8 Å². The summed E-state index contributed by atoms with van der Waals surface area (Å²) >= 11 is 6.13. The van der Waals surface area contributed by atoms with Gasteiger partial charge in [0.1, 0.15) is 0 Å². The maximum atomic E-state index is 14.0. The number of anilines is 2. The average Bonchev–Trinajstić information content (AvgIpc) is 3.53. The van der Waals surface area contributed by atoms with Gasteiger partial charge in [0.25, 0.3) is 5.91 Å². The summed E-state index contributed by atoms with van der Waals surface area (Å²) in [5.41, 5.74) is 5.07. The van der Waals surface area contributed by atoms with E-state index in [9.17, 15) is 4.79 Å². The molecule has 3 fully saturated rings. The Hall–Kier alpha value is -2.50. The van der Waals surface area contributed by atoms with Crippen molar-refractivity contribution in [3.63, 3.8) is 0 Å². The number of carbonyl (C=O) groups excluding carboxylic acids is 1. The molecule has 174 valence electrons. The van der Waals surface area contributed by atoms with Crippen LogP contribution in [0, 0.1) is 5.92 Å². The van der Waals surface area contributed by atoms with Gasteiger partial charge in [0, 0.05) is 49.1 Å². The second kappa shape index (κ2) is 9.40. The predicted octanol–water partition coefficient (Wildman–Crippen LogP) is 5.40. The summed E-state index contributed by atoms with van der Waals surface area (Å²) in [5, 5.41) is 4.21. The zero-order valence-electron chi connectivity index (χ0n) is 19.4. The van der Waals surface area contributed by atoms with Gasteiger partial charge < -0.3 is 20.0 Å². The monoisotopic (exact) mass is 464 g/mol. The molecule has 1 N–H and O–H groups in total. The van der Waals surface area contributed by atoms with Crippen molar-refractivity contribution in [2.24, 2.45) is 5.92 Å². The number of likely N-dealkylation sites (N-methyl/N-ethyl adjacent to an activating group) is 1. The Labute approximate surface area is 202 Å². The predicted molar refractivity (Wildman–Crippen MR) is 136 cm³/mol. The molecule has 2 saturated heterocycles. The van der Waals surface area contributed by atoms with Crippen molar-refractivity contribution < 1.29 is 4.79 Å². The van der Waals surface area contributed by atoms with Gasteiger partial charge in [-0.3, -0.25) is 4.79 Å². The molecule has 33 heavy (non-hydrogen) atoms. The van der Waals surface area contributed by atoms with Gasteiger partial charge in [0.05, 0.1) is 17.3 Å².